The van der Waals surface area contributed by atoms with Crippen molar-refractivity contribution >= 4 is 5.97 Å². The molecule has 0 fully saturated rings. The molecular weight excluding hydrogens is 245 g/mol. The Morgan fingerprint density at radius 2 is 1.78 bits per heavy atom. The molecule has 2 nitrogen and oxygen atoms in total. The molecule has 108 valence electrons. The molecule has 0 radical (unpaired) electrons. The fraction of sp³-hybridized carbons (Fsp3) is 0.923. The number of carbonyl (C=O) groups is 1. The zero-order chi connectivity index (χ0) is 14.3. The van der Waals surface area contributed by atoms with Crippen LogP contribution in [0, 0.1) is 17.8 Å². The second-order valence-electron chi connectivity index (χ2n) is 5.10. The van der Waals surface area contributed by atoms with Gasteiger partial charge in [0, 0.05) is 0 Å². The van der Waals surface area contributed by atoms with Crippen LogP contribution in [-0.2, 0) is 9.53 Å². The molecule has 0 amide bonds. The molecule has 0 rings (SSSR count). The van der Waals surface area contributed by atoms with Gasteiger partial charge in [-0.3, -0.25) is 4.79 Å². The summed E-state index contributed by atoms with van der Waals surface area (Å²) in [6.07, 6.45) is -2.76. The SMILES string of the molecule is CCCCC(C(=O)OCC(C)C)C(C)C(F)(F)F. The number of esters is 1. The van der Waals surface area contributed by atoms with Crippen molar-refractivity contribution in [2.45, 2.75) is 53.1 Å². The van der Waals surface area contributed by atoms with Crippen molar-refractivity contribution in [1.82, 2.24) is 0 Å². The Balaban J connectivity index is 4.61. The summed E-state index contributed by atoms with van der Waals surface area (Å²) in [6.45, 7) is 6.81. The van der Waals surface area contributed by atoms with Crippen LogP contribution in [0.1, 0.15) is 47.0 Å². The van der Waals surface area contributed by atoms with Crippen molar-refractivity contribution in [3.8, 4) is 0 Å². The lowest BCUT2D eigenvalue weighted by Crippen LogP contribution is -2.34. The molecule has 0 aromatic carbocycles. The average molecular weight is 268 g/mol. The minimum Gasteiger partial charge on any atom is -0.465 e. The van der Waals surface area contributed by atoms with Crippen LogP contribution in [0.5, 0.6) is 0 Å². The molecule has 2 atom stereocenters. The first-order valence-corrected chi connectivity index (χ1v) is 6.43. The molecule has 0 aliphatic carbocycles. The van der Waals surface area contributed by atoms with Gasteiger partial charge in [-0.25, -0.2) is 0 Å². The highest BCUT2D eigenvalue weighted by atomic mass is 19.4. The van der Waals surface area contributed by atoms with Crippen LogP contribution in [-0.4, -0.2) is 18.8 Å². The molecule has 18 heavy (non-hydrogen) atoms. The molecule has 0 spiro atoms. The number of halogens is 3. The average Bonchev–Trinajstić information content (AvgIpc) is 2.25. The van der Waals surface area contributed by atoms with E-state index < -0.39 is 24.0 Å². The van der Waals surface area contributed by atoms with Crippen LogP contribution in [0.25, 0.3) is 0 Å². The van der Waals surface area contributed by atoms with E-state index in [1.54, 1.807) is 0 Å². The van der Waals surface area contributed by atoms with Crippen LogP contribution in [0.15, 0.2) is 0 Å². The van der Waals surface area contributed by atoms with Gasteiger partial charge in [0.15, 0.2) is 0 Å². The largest absolute Gasteiger partial charge is 0.465 e. The molecule has 0 aliphatic rings. The number of hydrogen-bond donors (Lipinski definition) is 0. The molecular formula is C13H23F3O2. The second kappa shape index (κ2) is 7.64. The summed E-state index contributed by atoms with van der Waals surface area (Å²) in [5.41, 5.74) is 0. The van der Waals surface area contributed by atoms with Crippen LogP contribution < -0.4 is 0 Å². The smallest absolute Gasteiger partial charge is 0.392 e. The number of alkyl halides is 3. The van der Waals surface area contributed by atoms with E-state index in [1.165, 1.54) is 0 Å². The number of rotatable bonds is 7. The monoisotopic (exact) mass is 268 g/mol. The van der Waals surface area contributed by atoms with E-state index in [1.807, 2.05) is 20.8 Å². The van der Waals surface area contributed by atoms with Gasteiger partial charge in [-0.05, 0) is 12.3 Å². The molecule has 0 saturated heterocycles. The van der Waals surface area contributed by atoms with E-state index in [9.17, 15) is 18.0 Å². The third-order valence-corrected chi connectivity index (χ3v) is 2.85. The molecule has 0 N–H and O–H groups in total. The van der Waals surface area contributed by atoms with Crippen molar-refractivity contribution in [3.05, 3.63) is 0 Å². The van der Waals surface area contributed by atoms with Crippen molar-refractivity contribution < 1.29 is 22.7 Å². The van der Waals surface area contributed by atoms with Crippen molar-refractivity contribution in [2.24, 2.45) is 17.8 Å². The normalized spacial score (nSPS) is 15.6. The quantitative estimate of drug-likeness (QED) is 0.647. The second-order valence-corrected chi connectivity index (χ2v) is 5.10. The Morgan fingerprint density at radius 3 is 2.17 bits per heavy atom. The minimum atomic E-state index is -4.35. The van der Waals surface area contributed by atoms with Gasteiger partial charge in [-0.2, -0.15) is 13.2 Å². The zero-order valence-corrected chi connectivity index (χ0v) is 11.5. The first-order valence-electron chi connectivity index (χ1n) is 6.43. The molecule has 0 heterocycles. The Kier molecular flexibility index (Phi) is 7.33. The van der Waals surface area contributed by atoms with Crippen LogP contribution in [0.2, 0.25) is 0 Å². The summed E-state index contributed by atoms with van der Waals surface area (Å²) < 4.78 is 43.0. The number of unbranched alkanes of at least 4 members (excludes halogenated alkanes) is 1. The molecule has 0 saturated carbocycles. The highest BCUT2D eigenvalue weighted by Gasteiger charge is 2.44. The summed E-state index contributed by atoms with van der Waals surface area (Å²) in [7, 11) is 0. The lowest BCUT2D eigenvalue weighted by atomic mass is 9.89. The Hall–Kier alpha value is -0.740. The number of hydrogen-bond acceptors (Lipinski definition) is 2. The van der Waals surface area contributed by atoms with E-state index in [0.29, 0.717) is 6.42 Å². The van der Waals surface area contributed by atoms with Gasteiger partial charge < -0.3 is 4.74 Å². The maximum atomic E-state index is 12.7. The molecule has 0 aliphatic heterocycles. The van der Waals surface area contributed by atoms with Gasteiger partial charge in [0.25, 0.3) is 0 Å². The van der Waals surface area contributed by atoms with Crippen LogP contribution in [0.4, 0.5) is 13.2 Å². The lowest BCUT2D eigenvalue weighted by molar-refractivity contribution is -0.195. The van der Waals surface area contributed by atoms with Crippen LogP contribution >= 0.6 is 0 Å². The maximum Gasteiger partial charge on any atom is 0.392 e. The van der Waals surface area contributed by atoms with E-state index in [0.717, 1.165) is 13.3 Å². The summed E-state index contributed by atoms with van der Waals surface area (Å²) in [4.78, 5) is 11.7. The summed E-state index contributed by atoms with van der Waals surface area (Å²) >= 11 is 0. The van der Waals surface area contributed by atoms with Crippen LogP contribution in [0.3, 0.4) is 0 Å². The van der Waals surface area contributed by atoms with E-state index in [4.69, 9.17) is 4.74 Å². The van der Waals surface area contributed by atoms with Gasteiger partial charge in [-0.15, -0.1) is 0 Å². The highest BCUT2D eigenvalue weighted by molar-refractivity contribution is 5.72. The Morgan fingerprint density at radius 1 is 1.22 bits per heavy atom. The van der Waals surface area contributed by atoms with Gasteiger partial charge in [0.1, 0.15) is 0 Å². The third kappa shape index (κ3) is 6.26. The summed E-state index contributed by atoms with van der Waals surface area (Å²) in [5, 5.41) is 0. The van der Waals surface area contributed by atoms with Gasteiger partial charge >= 0.3 is 12.1 Å². The zero-order valence-electron chi connectivity index (χ0n) is 11.5. The van der Waals surface area contributed by atoms with Gasteiger partial charge in [0.2, 0.25) is 0 Å². The fourth-order valence-electron chi connectivity index (χ4n) is 1.58. The Labute approximate surface area is 107 Å². The van der Waals surface area contributed by atoms with E-state index in [-0.39, 0.29) is 18.9 Å². The first-order chi connectivity index (χ1) is 8.20. The molecule has 2 unspecified atom stereocenters. The minimum absolute atomic E-state index is 0.127. The van der Waals surface area contributed by atoms with Crippen molar-refractivity contribution in [2.75, 3.05) is 6.61 Å². The molecule has 0 bridgehead atoms. The predicted octanol–water partition coefficient (Wildman–Crippen LogP) is 4.19. The van der Waals surface area contributed by atoms with Crippen molar-refractivity contribution in [3.63, 3.8) is 0 Å². The topological polar surface area (TPSA) is 26.3 Å². The predicted molar refractivity (Wildman–Crippen MR) is 64.0 cm³/mol. The summed E-state index contributed by atoms with van der Waals surface area (Å²) in [6, 6.07) is 0. The molecule has 5 heteroatoms. The van der Waals surface area contributed by atoms with Gasteiger partial charge in [-0.1, -0.05) is 40.5 Å². The van der Waals surface area contributed by atoms with Crippen molar-refractivity contribution in [1.29, 1.82) is 0 Å². The van der Waals surface area contributed by atoms with E-state index in [2.05, 4.69) is 0 Å². The third-order valence-electron chi connectivity index (χ3n) is 2.85. The maximum absolute atomic E-state index is 12.7. The van der Waals surface area contributed by atoms with Gasteiger partial charge in [0.05, 0.1) is 18.4 Å². The summed E-state index contributed by atoms with van der Waals surface area (Å²) in [5.74, 6) is -3.32. The molecule has 0 aromatic rings. The number of carbonyl (C=O) groups excluding carboxylic acids is 1. The lowest BCUT2D eigenvalue weighted by Gasteiger charge is -2.24. The fourth-order valence-corrected chi connectivity index (χ4v) is 1.58. The number of ether oxygens (including phenoxy) is 1. The molecule has 0 aromatic heterocycles. The first kappa shape index (κ1) is 17.3. The highest BCUT2D eigenvalue weighted by Crippen LogP contribution is 2.34. The van der Waals surface area contributed by atoms with E-state index >= 15 is 0 Å². The standard InChI is InChI=1S/C13H23F3O2/c1-5-6-7-11(10(4)13(14,15)16)12(17)18-8-9(2)3/h9-11H,5-8H2,1-4H3. The Bertz CT molecular complexity index is 249.